The number of phosphoric acid groups is 1. The molecule has 1 atom stereocenters. The van der Waals surface area contributed by atoms with Gasteiger partial charge in [0, 0.05) is 0 Å². The molecule has 0 amide bonds. The smallest absolute Gasteiger partial charge is 0.492 e. The van der Waals surface area contributed by atoms with Crippen LogP contribution in [0.3, 0.4) is 0 Å². The molecule has 0 aromatic heterocycles. The van der Waals surface area contributed by atoms with Crippen LogP contribution < -0.4 is 14.7 Å². The van der Waals surface area contributed by atoms with Crippen LogP contribution in [0.1, 0.15) is 0 Å². The van der Waals surface area contributed by atoms with E-state index in [1.165, 1.54) is 0 Å². The summed E-state index contributed by atoms with van der Waals surface area (Å²) in [6.07, 6.45) is 0. The van der Waals surface area contributed by atoms with Gasteiger partial charge in [0.05, 0.1) is 0 Å². The van der Waals surface area contributed by atoms with Gasteiger partial charge >= 0.3 is 8.25 Å². The van der Waals surface area contributed by atoms with Gasteiger partial charge in [-0.05, 0) is 4.57 Å². The molecule has 0 aromatic carbocycles. The van der Waals surface area contributed by atoms with Crippen LogP contribution in [0.4, 0.5) is 0 Å². The van der Waals surface area contributed by atoms with E-state index >= 15 is 0 Å². The van der Waals surface area contributed by atoms with Gasteiger partial charge in [-0.15, -0.1) is 4.31 Å². The first-order chi connectivity index (χ1) is 3.42. The van der Waals surface area contributed by atoms with Crippen LogP contribution in [-0.4, -0.2) is 0 Å². The Morgan fingerprint density at radius 2 is 1.88 bits per heavy atom. The van der Waals surface area contributed by atoms with Gasteiger partial charge in [0.1, 0.15) is 7.82 Å². The van der Waals surface area contributed by atoms with E-state index in [2.05, 4.69) is 4.31 Å². The van der Waals surface area contributed by atoms with E-state index in [4.69, 9.17) is 0 Å². The number of hydrogen-bond acceptors (Lipinski definition) is 6. The second-order valence-electron chi connectivity index (χ2n) is 0.752. The lowest BCUT2D eigenvalue weighted by atomic mass is 15.7. The van der Waals surface area contributed by atoms with Gasteiger partial charge in [-0.1, -0.05) is 0 Å². The van der Waals surface area contributed by atoms with Crippen molar-refractivity contribution >= 4 is 16.1 Å². The Bertz CT molecular complexity index is 129. The molecule has 8 heavy (non-hydrogen) atoms. The Hall–Kier alpha value is 0.170. The van der Waals surface area contributed by atoms with Crippen molar-refractivity contribution in [1.29, 1.82) is 0 Å². The third-order valence-electron chi connectivity index (χ3n) is 0.167. The molecule has 6 nitrogen and oxygen atoms in total. The summed E-state index contributed by atoms with van der Waals surface area (Å²) in [4.78, 5) is 27.9. The monoisotopic (exact) mass is 158 g/mol. The normalized spacial score (nSPS) is 13.6. The minimum Gasteiger partial charge on any atom is -0.786 e. The highest BCUT2D eigenvalue weighted by molar-refractivity contribution is 7.52. The molecular weight excluding hydrogens is 158 g/mol. The molecule has 0 aliphatic rings. The molecule has 0 bridgehead atoms. The van der Waals surface area contributed by atoms with Crippen molar-refractivity contribution in [2.75, 3.05) is 0 Å². The van der Waals surface area contributed by atoms with Gasteiger partial charge in [-0.3, -0.25) is 0 Å². The summed E-state index contributed by atoms with van der Waals surface area (Å²) in [6, 6.07) is 0. The third kappa shape index (κ3) is 6.17. The second-order valence-corrected chi connectivity index (χ2v) is 2.75. The zero-order valence-corrected chi connectivity index (χ0v) is 5.13. The molecule has 0 saturated heterocycles. The quantitative estimate of drug-likeness (QED) is 0.423. The van der Waals surface area contributed by atoms with Crippen LogP contribution in [0.5, 0.6) is 0 Å². The van der Waals surface area contributed by atoms with Crippen molar-refractivity contribution in [3.05, 3.63) is 0 Å². The van der Waals surface area contributed by atoms with Gasteiger partial charge in [0.15, 0.2) is 0 Å². The van der Waals surface area contributed by atoms with Gasteiger partial charge in [-0.25, -0.2) is 0 Å². The Morgan fingerprint density at radius 3 is 1.88 bits per heavy atom. The van der Waals surface area contributed by atoms with Crippen molar-refractivity contribution < 1.29 is 28.1 Å². The first-order valence-corrected chi connectivity index (χ1v) is 3.83. The van der Waals surface area contributed by atoms with E-state index in [0.717, 1.165) is 0 Å². The molecule has 0 aliphatic carbocycles. The third-order valence-corrected chi connectivity index (χ3v) is 1.50. The lowest BCUT2D eigenvalue weighted by molar-refractivity contribution is -0.336. The summed E-state index contributed by atoms with van der Waals surface area (Å²) < 4.78 is 21.4. The fraction of sp³-hybridized carbons (Fsp3) is 0. The van der Waals surface area contributed by atoms with Crippen LogP contribution in [-0.2, 0) is 13.4 Å². The van der Waals surface area contributed by atoms with Crippen LogP contribution in [0, 0.1) is 0 Å². The molecule has 0 saturated carbocycles. The minimum atomic E-state index is -5.32. The maximum Gasteiger partial charge on any atom is 0.492 e. The van der Waals surface area contributed by atoms with Crippen molar-refractivity contribution in [2.24, 2.45) is 0 Å². The van der Waals surface area contributed by atoms with Crippen LogP contribution in [0.2, 0.25) is 0 Å². The summed E-state index contributed by atoms with van der Waals surface area (Å²) in [5, 5.41) is 0. The van der Waals surface area contributed by atoms with E-state index in [-0.39, 0.29) is 0 Å². The fourth-order valence-electron chi connectivity index (χ4n) is 0.0816. The van der Waals surface area contributed by atoms with E-state index < -0.39 is 16.1 Å². The molecular formula is O6P2-2. The van der Waals surface area contributed by atoms with E-state index in [1.807, 2.05) is 0 Å². The van der Waals surface area contributed by atoms with Gasteiger partial charge in [-0.2, -0.15) is 0 Å². The lowest BCUT2D eigenvalue weighted by Crippen LogP contribution is -2.14. The maximum atomic E-state index is 9.31. The second kappa shape index (κ2) is 2.64. The molecule has 0 heterocycles. The van der Waals surface area contributed by atoms with Crippen molar-refractivity contribution in [2.45, 2.75) is 0 Å². The minimum absolute atomic E-state index is 2.84. The summed E-state index contributed by atoms with van der Waals surface area (Å²) in [5.41, 5.74) is 0. The van der Waals surface area contributed by atoms with Crippen LogP contribution in [0.15, 0.2) is 0 Å². The number of rotatable bonds is 2. The van der Waals surface area contributed by atoms with Crippen molar-refractivity contribution in [1.82, 2.24) is 0 Å². The zero-order chi connectivity index (χ0) is 6.78. The molecule has 0 radical (unpaired) electrons. The van der Waals surface area contributed by atoms with E-state index in [0.29, 0.717) is 0 Å². The van der Waals surface area contributed by atoms with E-state index in [9.17, 15) is 23.8 Å². The highest BCUT2D eigenvalue weighted by atomic mass is 31.2. The topological polar surface area (TPSA) is 113 Å². The molecule has 0 N–H and O–H groups in total. The average Bonchev–Trinajstić information content (AvgIpc) is 1.21. The fourth-order valence-corrected chi connectivity index (χ4v) is 0.735. The Kier molecular flexibility index (Phi) is 2.70. The largest absolute Gasteiger partial charge is 0.786 e. The predicted octanol–water partition coefficient (Wildman–Crippen LogP) is -2.15. The van der Waals surface area contributed by atoms with Gasteiger partial charge in [0.2, 0.25) is 0 Å². The molecule has 8 heteroatoms. The summed E-state index contributed by atoms with van der Waals surface area (Å²) >= 11 is 0. The molecule has 48 valence electrons. The zero-order valence-electron chi connectivity index (χ0n) is 3.34. The molecule has 1 unspecified atom stereocenters. The summed E-state index contributed by atoms with van der Waals surface area (Å²) in [5.74, 6) is 0. The maximum absolute atomic E-state index is 9.31. The summed E-state index contributed by atoms with van der Waals surface area (Å²) in [7, 11) is -8.89. The molecule has 0 aliphatic heterocycles. The molecule has 0 aromatic rings. The van der Waals surface area contributed by atoms with Crippen LogP contribution >= 0.6 is 16.1 Å². The Labute approximate surface area is 45.3 Å². The Morgan fingerprint density at radius 1 is 1.50 bits per heavy atom. The molecule has 0 fully saturated rings. The first kappa shape index (κ1) is 8.17. The standard InChI is InChI=1S/H2O6P2/c1-7(2)6-8(3,4)5/h(H2,3,4,5)/p-2. The highest BCUT2D eigenvalue weighted by Gasteiger charge is 2.02. The lowest BCUT2D eigenvalue weighted by Gasteiger charge is -2.20. The van der Waals surface area contributed by atoms with Crippen molar-refractivity contribution in [3.8, 4) is 0 Å². The summed E-state index contributed by atoms with van der Waals surface area (Å²) in [6.45, 7) is 0. The van der Waals surface area contributed by atoms with E-state index in [1.54, 1.807) is 0 Å². The van der Waals surface area contributed by atoms with Crippen LogP contribution in [0.25, 0.3) is 0 Å². The first-order valence-electron chi connectivity index (χ1n) is 1.28. The van der Waals surface area contributed by atoms with Crippen molar-refractivity contribution in [3.63, 3.8) is 0 Å². The Balaban J connectivity index is 3.74. The molecule has 0 rings (SSSR count). The molecule has 0 spiro atoms. The predicted molar refractivity (Wildman–Crippen MR) is 16.3 cm³/mol. The van der Waals surface area contributed by atoms with Gasteiger partial charge in [0.25, 0.3) is 0 Å². The average molecular weight is 158 g/mol. The highest BCUT2D eigenvalue weighted by Crippen LogP contribution is 2.35. The number of hydrogen-bond donors (Lipinski definition) is 0. The SMILES string of the molecule is O=[P+]([O-])OP(=O)([O-])[O-]. The van der Waals surface area contributed by atoms with Gasteiger partial charge < -0.3 is 19.2 Å².